The largest absolute Gasteiger partial charge is 3.00 e. The van der Waals surface area contributed by atoms with Crippen molar-refractivity contribution in [2.24, 2.45) is 0 Å². The van der Waals surface area contributed by atoms with Gasteiger partial charge in [-0.2, -0.15) is 0 Å². The summed E-state index contributed by atoms with van der Waals surface area (Å²) in [6.45, 7) is 0. The van der Waals surface area contributed by atoms with E-state index in [0.29, 0.717) is 13.0 Å². The predicted octanol–water partition coefficient (Wildman–Crippen LogP) is 11.0. The van der Waals surface area contributed by atoms with Crippen LogP contribution in [0.1, 0.15) is 0 Å². The van der Waals surface area contributed by atoms with E-state index >= 15 is 0 Å². The second-order valence-electron chi connectivity index (χ2n) is 9.82. The molecule has 0 saturated heterocycles. The molecule has 0 unspecified atom stereocenters. The van der Waals surface area contributed by atoms with E-state index in [1.54, 1.807) is 0 Å². The molecule has 1 radical (unpaired) electrons. The van der Waals surface area contributed by atoms with Crippen LogP contribution in [0.5, 0.6) is 0 Å². The Morgan fingerprint density at radius 1 is 0.286 bits per heavy atom. The molecule has 0 aromatic heterocycles. The SMILES string of the molecule is S=C([S-])N(c1ccccc1)c1ccccc1.S=C([S-])N(c1ccccc1)c1ccccc1.S=C([S-])N(c1ccccc1)c1ccccc1.[Ru+3]. The van der Waals surface area contributed by atoms with Crippen LogP contribution in [0.3, 0.4) is 0 Å². The van der Waals surface area contributed by atoms with Gasteiger partial charge in [0.15, 0.2) is 0 Å². The number of thiocarbonyl (C=S) groups is 3. The van der Waals surface area contributed by atoms with Crippen LogP contribution >= 0.6 is 36.7 Å². The van der Waals surface area contributed by atoms with E-state index in [0.717, 1.165) is 34.1 Å². The van der Waals surface area contributed by atoms with Crippen molar-refractivity contribution in [3.05, 3.63) is 182 Å². The van der Waals surface area contributed by atoms with E-state index in [-0.39, 0.29) is 19.5 Å². The van der Waals surface area contributed by atoms with Crippen LogP contribution in [-0.2, 0) is 57.4 Å². The first-order valence-electron chi connectivity index (χ1n) is 14.7. The van der Waals surface area contributed by atoms with Crippen molar-refractivity contribution in [1.82, 2.24) is 0 Å². The summed E-state index contributed by atoms with van der Waals surface area (Å²) in [6.07, 6.45) is 0. The van der Waals surface area contributed by atoms with Crippen LogP contribution < -0.4 is 14.7 Å². The summed E-state index contributed by atoms with van der Waals surface area (Å²) in [5, 5.41) is 0. The van der Waals surface area contributed by atoms with Gasteiger partial charge in [0.25, 0.3) is 0 Å². The molecule has 0 heterocycles. The topological polar surface area (TPSA) is 9.72 Å². The Hall–Kier alpha value is -3.73. The van der Waals surface area contributed by atoms with Crippen molar-refractivity contribution < 1.29 is 19.5 Å². The minimum Gasteiger partial charge on any atom is -0.411 e. The van der Waals surface area contributed by atoms with Crippen molar-refractivity contribution in [2.45, 2.75) is 0 Å². The van der Waals surface area contributed by atoms with Crippen molar-refractivity contribution in [3.8, 4) is 0 Å². The monoisotopic (exact) mass is 834 g/mol. The summed E-state index contributed by atoms with van der Waals surface area (Å²) in [5.41, 5.74) is 5.97. The molecule has 0 fully saturated rings. The Kier molecular flexibility index (Phi) is 17.3. The van der Waals surface area contributed by atoms with E-state index in [9.17, 15) is 0 Å². The number of nitrogens with zero attached hydrogens (tertiary/aromatic N) is 3. The van der Waals surface area contributed by atoms with Gasteiger partial charge in [-0.05, 0) is 72.8 Å². The summed E-state index contributed by atoms with van der Waals surface area (Å²) >= 11 is 30.7. The Morgan fingerprint density at radius 3 is 0.510 bits per heavy atom. The fraction of sp³-hybridized carbons (Fsp3) is 0. The number of rotatable bonds is 6. The van der Waals surface area contributed by atoms with Crippen LogP contribution in [0.4, 0.5) is 34.1 Å². The zero-order valence-corrected chi connectivity index (χ0v) is 32.6. The minimum absolute atomic E-state index is 0. The smallest absolute Gasteiger partial charge is 0.411 e. The van der Waals surface area contributed by atoms with Crippen LogP contribution in [0, 0.1) is 0 Å². The van der Waals surface area contributed by atoms with Gasteiger partial charge in [0.05, 0.1) is 0 Å². The van der Waals surface area contributed by atoms with E-state index < -0.39 is 0 Å². The zero-order chi connectivity index (χ0) is 34.1. The van der Waals surface area contributed by atoms with Gasteiger partial charge in [-0.15, -0.1) is 0 Å². The molecule has 6 aromatic rings. The molecule has 0 N–H and O–H groups in total. The molecule has 49 heavy (non-hydrogen) atoms. The normalized spacial score (nSPS) is 9.55. The third kappa shape index (κ3) is 12.3. The summed E-state index contributed by atoms with van der Waals surface area (Å²) in [5.74, 6) is 0. The van der Waals surface area contributed by atoms with Gasteiger partial charge in [-0.25, -0.2) is 0 Å². The molecular weight excluding hydrogens is 804 g/mol. The first-order chi connectivity index (χ1) is 23.4. The van der Waals surface area contributed by atoms with E-state index in [1.807, 2.05) is 197 Å². The molecule has 6 aromatic carbocycles. The van der Waals surface area contributed by atoms with E-state index in [4.69, 9.17) is 74.5 Å². The average molecular weight is 834 g/mol. The van der Waals surface area contributed by atoms with Crippen LogP contribution in [0.25, 0.3) is 0 Å². The predicted molar refractivity (Wildman–Crippen MR) is 225 cm³/mol. The molecule has 0 spiro atoms. The van der Waals surface area contributed by atoms with Gasteiger partial charge in [0, 0.05) is 34.1 Å². The molecule has 0 aliphatic heterocycles. The van der Waals surface area contributed by atoms with Crippen molar-refractivity contribution in [3.63, 3.8) is 0 Å². The quantitative estimate of drug-likeness (QED) is 0.0914. The molecular formula is C39H30N3RuS6. The Balaban J connectivity index is 0.000000197. The van der Waals surface area contributed by atoms with E-state index in [2.05, 4.69) is 0 Å². The number of para-hydroxylation sites is 6. The van der Waals surface area contributed by atoms with Gasteiger partial charge in [-0.3, -0.25) is 0 Å². The average Bonchev–Trinajstić information content (AvgIpc) is 3.12. The van der Waals surface area contributed by atoms with Gasteiger partial charge in [-0.1, -0.05) is 122 Å². The van der Waals surface area contributed by atoms with Gasteiger partial charge < -0.3 is 89.2 Å². The molecule has 0 saturated carbocycles. The molecule has 0 amide bonds. The first-order valence-corrected chi connectivity index (χ1v) is 17.2. The van der Waals surface area contributed by atoms with Gasteiger partial charge in [0.1, 0.15) is 0 Å². The standard InChI is InChI=1S/3C13H11NS2.Ru/c3*15-13(16)14(11-7-3-1-4-8-11)12-9-5-2-6-10-12;/h3*1-10H,(H,15,16);/q;;;+3/p-3. The van der Waals surface area contributed by atoms with E-state index in [1.165, 1.54) is 0 Å². The van der Waals surface area contributed by atoms with Crippen molar-refractivity contribution in [2.75, 3.05) is 14.7 Å². The van der Waals surface area contributed by atoms with Crippen LogP contribution in [0.2, 0.25) is 0 Å². The molecule has 3 nitrogen and oxygen atoms in total. The Morgan fingerprint density at radius 2 is 0.408 bits per heavy atom. The van der Waals surface area contributed by atoms with Crippen molar-refractivity contribution >= 4 is 122 Å². The second-order valence-corrected chi connectivity index (χ2v) is 12.9. The third-order valence-corrected chi connectivity index (χ3v) is 7.73. The molecule has 10 heteroatoms. The number of benzene rings is 6. The maximum absolute atomic E-state index is 5.12. The maximum Gasteiger partial charge on any atom is 3.00 e. The van der Waals surface area contributed by atoms with Gasteiger partial charge >= 0.3 is 19.5 Å². The molecule has 0 bridgehead atoms. The Bertz CT molecular complexity index is 1510. The first kappa shape index (κ1) is 39.7. The fourth-order valence-corrected chi connectivity index (χ4v) is 5.81. The summed E-state index contributed by atoms with van der Waals surface area (Å²) in [7, 11) is 0. The zero-order valence-electron chi connectivity index (χ0n) is 26.0. The summed E-state index contributed by atoms with van der Waals surface area (Å²) in [6, 6.07) is 59.4. The number of anilines is 6. The maximum atomic E-state index is 5.12. The summed E-state index contributed by atoms with van der Waals surface area (Å²) < 4.78 is 1.28. The van der Waals surface area contributed by atoms with Crippen LogP contribution in [-0.4, -0.2) is 13.0 Å². The minimum atomic E-state index is 0. The fourth-order valence-electron chi connectivity index (χ4n) is 4.54. The molecule has 0 aliphatic rings. The second kappa shape index (κ2) is 21.4. The van der Waals surface area contributed by atoms with Crippen LogP contribution in [0.15, 0.2) is 182 Å². The molecule has 6 rings (SSSR count). The third-order valence-electron chi connectivity index (χ3n) is 6.63. The van der Waals surface area contributed by atoms with Gasteiger partial charge in [0.2, 0.25) is 0 Å². The Labute approximate surface area is 335 Å². The summed E-state index contributed by atoms with van der Waals surface area (Å²) in [4.78, 5) is 5.64. The number of hydrogen-bond acceptors (Lipinski definition) is 6. The molecule has 0 atom stereocenters. The molecule has 245 valence electrons. The molecule has 0 aliphatic carbocycles. The number of hydrogen-bond donors (Lipinski definition) is 0. The van der Waals surface area contributed by atoms with Crippen molar-refractivity contribution in [1.29, 1.82) is 0 Å².